The summed E-state index contributed by atoms with van der Waals surface area (Å²) in [7, 11) is 0. The molecular formula is C23H21N5O2. The number of hydrogen-bond acceptors (Lipinski definition) is 5. The molecule has 0 spiro atoms. The first-order chi connectivity index (χ1) is 14.7. The van der Waals surface area contributed by atoms with Crippen LogP contribution < -0.4 is 0 Å². The van der Waals surface area contributed by atoms with Crippen LogP contribution in [-0.4, -0.2) is 50.1 Å². The van der Waals surface area contributed by atoms with Crippen molar-refractivity contribution in [1.29, 1.82) is 0 Å². The van der Waals surface area contributed by atoms with E-state index < -0.39 is 0 Å². The van der Waals surface area contributed by atoms with E-state index in [1.807, 2.05) is 60.4 Å². The van der Waals surface area contributed by atoms with Gasteiger partial charge in [-0.15, -0.1) is 0 Å². The van der Waals surface area contributed by atoms with Gasteiger partial charge in [0, 0.05) is 17.8 Å². The lowest BCUT2D eigenvalue weighted by Crippen LogP contribution is -2.42. The van der Waals surface area contributed by atoms with Crippen molar-refractivity contribution in [3.63, 3.8) is 0 Å². The highest BCUT2D eigenvalue weighted by atomic mass is 16.5. The zero-order chi connectivity index (χ0) is 20.5. The van der Waals surface area contributed by atoms with Crippen molar-refractivity contribution in [2.75, 3.05) is 19.7 Å². The Morgan fingerprint density at radius 3 is 2.63 bits per heavy atom. The standard InChI is InChI=1S/C23H21N5O2/c1-16-13-20(28-23(26-16)24-15-25-28)21-14-27(11-12-30-21)22(29)19-9-7-18(8-10-19)17-5-3-2-4-6-17/h2-10,13,15,21H,11-12,14H2,1H3. The molecule has 7 nitrogen and oxygen atoms in total. The Bertz CT molecular complexity index is 1190. The molecule has 0 aliphatic carbocycles. The summed E-state index contributed by atoms with van der Waals surface area (Å²) in [5.41, 5.74) is 4.59. The minimum absolute atomic E-state index is 0.00326. The fourth-order valence-corrected chi connectivity index (χ4v) is 3.82. The molecule has 2 aromatic heterocycles. The van der Waals surface area contributed by atoms with Crippen molar-refractivity contribution in [3.05, 3.63) is 83.9 Å². The first-order valence-corrected chi connectivity index (χ1v) is 9.93. The molecule has 0 saturated carbocycles. The van der Waals surface area contributed by atoms with Crippen molar-refractivity contribution >= 4 is 11.7 Å². The number of nitrogens with zero attached hydrogens (tertiary/aromatic N) is 5. The SMILES string of the molecule is Cc1cc(C2CN(C(=O)c3ccc(-c4ccccc4)cc3)CCO2)n2ncnc2n1. The number of carbonyl (C=O) groups excluding carboxylic acids is 1. The number of carbonyl (C=O) groups is 1. The molecule has 0 N–H and O–H groups in total. The van der Waals surface area contributed by atoms with Gasteiger partial charge < -0.3 is 9.64 Å². The summed E-state index contributed by atoms with van der Waals surface area (Å²) in [4.78, 5) is 23.5. The number of aryl methyl sites for hydroxylation is 1. The predicted molar refractivity (Wildman–Crippen MR) is 112 cm³/mol. The fraction of sp³-hybridized carbons (Fsp3) is 0.217. The molecule has 30 heavy (non-hydrogen) atoms. The van der Waals surface area contributed by atoms with Gasteiger partial charge in [0.2, 0.25) is 0 Å². The lowest BCUT2D eigenvalue weighted by Gasteiger charge is -2.33. The number of hydrogen-bond donors (Lipinski definition) is 0. The highest BCUT2D eigenvalue weighted by Crippen LogP contribution is 2.25. The van der Waals surface area contributed by atoms with Gasteiger partial charge in [0.1, 0.15) is 12.4 Å². The summed E-state index contributed by atoms with van der Waals surface area (Å²) in [5.74, 6) is 0.539. The van der Waals surface area contributed by atoms with E-state index in [4.69, 9.17) is 4.74 Å². The number of aromatic nitrogens is 4. The predicted octanol–water partition coefficient (Wildman–Crippen LogP) is 3.31. The second-order valence-electron chi connectivity index (χ2n) is 7.35. The minimum atomic E-state index is -0.280. The summed E-state index contributed by atoms with van der Waals surface area (Å²) in [6.45, 7) is 3.40. The molecule has 150 valence electrons. The highest BCUT2D eigenvalue weighted by molar-refractivity contribution is 5.94. The molecule has 1 aliphatic heterocycles. The Morgan fingerprint density at radius 2 is 1.83 bits per heavy atom. The Balaban J connectivity index is 1.37. The van der Waals surface area contributed by atoms with Gasteiger partial charge in [0.15, 0.2) is 0 Å². The van der Waals surface area contributed by atoms with Crippen LogP contribution in [0, 0.1) is 6.92 Å². The van der Waals surface area contributed by atoms with Gasteiger partial charge in [-0.1, -0.05) is 42.5 Å². The normalized spacial score (nSPS) is 16.7. The van der Waals surface area contributed by atoms with Gasteiger partial charge in [-0.25, -0.2) is 4.98 Å². The maximum Gasteiger partial charge on any atom is 0.254 e. The van der Waals surface area contributed by atoms with E-state index >= 15 is 0 Å². The molecule has 0 bridgehead atoms. The van der Waals surface area contributed by atoms with Crippen LogP contribution in [0.4, 0.5) is 0 Å². The zero-order valence-corrected chi connectivity index (χ0v) is 16.6. The van der Waals surface area contributed by atoms with Crippen LogP contribution in [0.15, 0.2) is 67.0 Å². The minimum Gasteiger partial charge on any atom is -0.368 e. The number of benzene rings is 2. The largest absolute Gasteiger partial charge is 0.368 e. The van der Waals surface area contributed by atoms with Gasteiger partial charge in [-0.05, 0) is 36.2 Å². The van der Waals surface area contributed by atoms with Gasteiger partial charge in [0.05, 0.1) is 18.8 Å². The monoisotopic (exact) mass is 399 g/mol. The quantitative estimate of drug-likeness (QED) is 0.528. The van der Waals surface area contributed by atoms with E-state index in [0.29, 0.717) is 31.0 Å². The van der Waals surface area contributed by atoms with Gasteiger partial charge in [0.25, 0.3) is 11.7 Å². The molecule has 1 atom stereocenters. The van der Waals surface area contributed by atoms with E-state index in [0.717, 1.165) is 22.5 Å². The number of morpholine rings is 1. The molecule has 1 unspecified atom stereocenters. The number of fused-ring (bicyclic) bond motifs is 1. The molecule has 1 fully saturated rings. The average Bonchev–Trinajstić information content (AvgIpc) is 3.27. The number of amides is 1. The van der Waals surface area contributed by atoms with Crippen LogP contribution >= 0.6 is 0 Å². The van der Waals surface area contributed by atoms with Crippen molar-refractivity contribution in [3.8, 4) is 11.1 Å². The van der Waals surface area contributed by atoms with Crippen molar-refractivity contribution < 1.29 is 9.53 Å². The van der Waals surface area contributed by atoms with Gasteiger partial charge >= 0.3 is 0 Å². The second kappa shape index (κ2) is 7.68. The lowest BCUT2D eigenvalue weighted by molar-refractivity contribution is -0.0257. The van der Waals surface area contributed by atoms with E-state index in [-0.39, 0.29) is 12.0 Å². The van der Waals surface area contributed by atoms with E-state index in [1.165, 1.54) is 6.33 Å². The van der Waals surface area contributed by atoms with Crippen LogP contribution in [0.5, 0.6) is 0 Å². The third-order valence-electron chi connectivity index (χ3n) is 5.33. The summed E-state index contributed by atoms with van der Waals surface area (Å²) in [6.07, 6.45) is 1.20. The van der Waals surface area contributed by atoms with E-state index in [1.54, 1.807) is 4.52 Å². The molecule has 7 heteroatoms. The smallest absolute Gasteiger partial charge is 0.254 e. The number of ether oxygens (including phenoxy) is 1. The molecule has 1 saturated heterocycles. The molecule has 4 aromatic rings. The molecular weight excluding hydrogens is 378 g/mol. The molecule has 2 aromatic carbocycles. The zero-order valence-electron chi connectivity index (χ0n) is 16.6. The Kier molecular flexibility index (Phi) is 4.72. The van der Waals surface area contributed by atoms with Crippen molar-refractivity contribution in [2.24, 2.45) is 0 Å². The van der Waals surface area contributed by atoms with E-state index in [2.05, 4.69) is 27.2 Å². The summed E-state index contributed by atoms with van der Waals surface area (Å²) in [5, 5.41) is 4.26. The molecule has 5 rings (SSSR count). The van der Waals surface area contributed by atoms with Crippen molar-refractivity contribution in [1.82, 2.24) is 24.5 Å². The lowest BCUT2D eigenvalue weighted by atomic mass is 10.0. The maximum atomic E-state index is 13.1. The van der Waals surface area contributed by atoms with Crippen molar-refractivity contribution in [2.45, 2.75) is 13.0 Å². The van der Waals surface area contributed by atoms with Gasteiger partial charge in [-0.3, -0.25) is 4.79 Å². The van der Waals surface area contributed by atoms with Crippen LogP contribution in [0.1, 0.15) is 27.8 Å². The average molecular weight is 399 g/mol. The Hall–Kier alpha value is -3.58. The fourth-order valence-electron chi connectivity index (χ4n) is 3.82. The molecule has 3 heterocycles. The summed E-state index contributed by atoms with van der Waals surface area (Å²) in [6, 6.07) is 19.8. The third kappa shape index (κ3) is 3.44. The first-order valence-electron chi connectivity index (χ1n) is 9.93. The van der Waals surface area contributed by atoms with Crippen LogP contribution in [-0.2, 0) is 4.74 Å². The summed E-state index contributed by atoms with van der Waals surface area (Å²) < 4.78 is 7.66. The Morgan fingerprint density at radius 1 is 1.07 bits per heavy atom. The molecule has 1 aliphatic rings. The molecule has 0 radical (unpaired) electrons. The van der Waals surface area contributed by atoms with Crippen LogP contribution in [0.2, 0.25) is 0 Å². The topological polar surface area (TPSA) is 72.6 Å². The van der Waals surface area contributed by atoms with Crippen LogP contribution in [0.3, 0.4) is 0 Å². The second-order valence-corrected chi connectivity index (χ2v) is 7.35. The molecule has 1 amide bonds. The summed E-state index contributed by atoms with van der Waals surface area (Å²) >= 11 is 0. The van der Waals surface area contributed by atoms with Crippen LogP contribution in [0.25, 0.3) is 16.9 Å². The maximum absolute atomic E-state index is 13.1. The Labute approximate surface area is 174 Å². The van der Waals surface area contributed by atoms with E-state index in [9.17, 15) is 4.79 Å². The number of rotatable bonds is 3. The van der Waals surface area contributed by atoms with Gasteiger partial charge in [-0.2, -0.15) is 14.6 Å². The third-order valence-corrected chi connectivity index (χ3v) is 5.33. The highest BCUT2D eigenvalue weighted by Gasteiger charge is 2.28. The first kappa shape index (κ1) is 18.4.